The molecule has 1 spiro atoms. The molecule has 1 heteroatoms. The van der Waals surface area contributed by atoms with Crippen molar-refractivity contribution in [1.82, 2.24) is 0 Å². The lowest BCUT2D eigenvalue weighted by Crippen LogP contribution is -2.29. The third-order valence-corrected chi connectivity index (χ3v) is 15.9. The highest BCUT2D eigenvalue weighted by Gasteiger charge is 2.53. The molecule has 0 aliphatic heterocycles. The van der Waals surface area contributed by atoms with Crippen molar-refractivity contribution in [1.29, 1.82) is 0 Å². The number of nitrogens with zero attached hydrogens (tertiary/aromatic N) is 1. The SMILES string of the molecule is CC(C)(C)c1ccc(C2(c3ccc(C(C)(C)C)cc3)c3ccccc3-c3ccc(N(c4ccccc4)c4cccc5c4-c4ccccc4C54c5ccccc5-c5ccc(C(C)(C)C)cc54)cc32)cc1. The van der Waals surface area contributed by atoms with Gasteiger partial charge in [-0.3, -0.25) is 0 Å². The molecule has 338 valence electrons. The largest absolute Gasteiger partial charge is 0.310 e. The Balaban J connectivity index is 1.14. The number of hydrogen-bond acceptors (Lipinski definition) is 1. The minimum absolute atomic E-state index is 0.0103. The minimum Gasteiger partial charge on any atom is -0.310 e. The molecule has 1 unspecified atom stereocenters. The lowest BCUT2D eigenvalue weighted by molar-refractivity contribution is 0.588. The van der Waals surface area contributed by atoms with Gasteiger partial charge < -0.3 is 4.90 Å². The maximum absolute atomic E-state index is 2.54. The summed E-state index contributed by atoms with van der Waals surface area (Å²) < 4.78 is 0. The second-order valence-corrected chi connectivity index (χ2v) is 22.9. The van der Waals surface area contributed by atoms with E-state index in [0.717, 1.165) is 11.4 Å². The van der Waals surface area contributed by atoms with Crippen molar-refractivity contribution in [2.75, 3.05) is 4.90 Å². The quantitative estimate of drug-likeness (QED) is 0.166. The molecule has 12 rings (SSSR count). The van der Waals surface area contributed by atoms with Crippen LogP contribution in [0.25, 0.3) is 33.4 Å². The highest BCUT2D eigenvalue weighted by molar-refractivity contribution is 6.01. The third-order valence-electron chi connectivity index (χ3n) is 15.9. The predicted octanol–water partition coefficient (Wildman–Crippen LogP) is 17.8. The lowest BCUT2D eigenvalue weighted by atomic mass is 9.67. The van der Waals surface area contributed by atoms with Crippen molar-refractivity contribution >= 4 is 17.1 Å². The fourth-order valence-corrected chi connectivity index (χ4v) is 12.5. The van der Waals surface area contributed by atoms with Crippen LogP contribution in [0.1, 0.15) is 124 Å². The fraction of sp³-hybridized carbons (Fsp3) is 0.206. The fourth-order valence-electron chi connectivity index (χ4n) is 12.5. The summed E-state index contributed by atoms with van der Waals surface area (Å²) in [6, 6.07) is 79.4. The Hall–Kier alpha value is -7.22. The maximum Gasteiger partial charge on any atom is 0.0726 e. The Kier molecular flexibility index (Phi) is 9.45. The van der Waals surface area contributed by atoms with E-state index in [1.165, 1.54) is 100 Å². The topological polar surface area (TPSA) is 3.24 Å². The summed E-state index contributed by atoms with van der Waals surface area (Å²) in [4.78, 5) is 2.54. The van der Waals surface area contributed by atoms with Crippen LogP contribution >= 0.6 is 0 Å². The molecular formula is C68H61N. The number of fused-ring (bicyclic) bond motifs is 13. The van der Waals surface area contributed by atoms with Crippen molar-refractivity contribution in [3.63, 3.8) is 0 Å². The summed E-state index contributed by atoms with van der Waals surface area (Å²) in [5.41, 5.74) is 24.8. The first-order chi connectivity index (χ1) is 33.1. The summed E-state index contributed by atoms with van der Waals surface area (Å²) in [6.07, 6.45) is 0. The average Bonchev–Trinajstić information content (AvgIpc) is 3.94. The zero-order valence-electron chi connectivity index (χ0n) is 41.6. The maximum atomic E-state index is 2.54. The normalized spacial score (nSPS) is 16.1. The number of anilines is 3. The van der Waals surface area contributed by atoms with Gasteiger partial charge in [0.15, 0.2) is 0 Å². The Morgan fingerprint density at radius 3 is 1.26 bits per heavy atom. The summed E-state index contributed by atoms with van der Waals surface area (Å²) in [6.45, 7) is 20.8. The van der Waals surface area contributed by atoms with Crippen molar-refractivity contribution in [2.24, 2.45) is 0 Å². The lowest BCUT2D eigenvalue weighted by Gasteiger charge is -2.36. The van der Waals surface area contributed by atoms with Crippen molar-refractivity contribution in [2.45, 2.75) is 89.4 Å². The van der Waals surface area contributed by atoms with E-state index in [1.54, 1.807) is 0 Å². The van der Waals surface area contributed by atoms with Crippen LogP contribution in [-0.4, -0.2) is 0 Å². The summed E-state index contributed by atoms with van der Waals surface area (Å²) in [7, 11) is 0. The molecule has 3 aliphatic rings. The first kappa shape index (κ1) is 43.1. The standard InChI is InChI=1S/C68H61N/c1-64(2,3)44-30-34-46(35-31-44)67(47-36-32-45(33-37-47)65(4,5)6)56-25-16-13-22-51(56)54-41-39-50(43-61(54)67)69(49-20-11-10-12-21-49)62-29-19-28-59-63(62)55-24-15-18-27-58(55)68(59)57-26-17-14-23-52(57)53-40-38-48(42-60(53)68)66(7,8)9/h10-43H,1-9H3. The van der Waals surface area contributed by atoms with E-state index < -0.39 is 10.8 Å². The van der Waals surface area contributed by atoms with Crippen molar-refractivity contribution in [3.05, 3.63) is 267 Å². The minimum atomic E-state index is -0.575. The van der Waals surface area contributed by atoms with Gasteiger partial charge in [-0.2, -0.15) is 0 Å². The molecule has 69 heavy (non-hydrogen) atoms. The van der Waals surface area contributed by atoms with E-state index >= 15 is 0 Å². The van der Waals surface area contributed by atoms with Gasteiger partial charge in [-0.25, -0.2) is 0 Å². The number of hydrogen-bond donors (Lipinski definition) is 0. The molecule has 3 aliphatic carbocycles. The highest BCUT2D eigenvalue weighted by atomic mass is 15.1. The molecule has 0 amide bonds. The van der Waals surface area contributed by atoms with E-state index in [2.05, 4.69) is 273 Å². The van der Waals surface area contributed by atoms with Crippen LogP contribution in [0.3, 0.4) is 0 Å². The van der Waals surface area contributed by atoms with E-state index in [0.29, 0.717) is 0 Å². The first-order valence-corrected chi connectivity index (χ1v) is 24.9. The Morgan fingerprint density at radius 2 is 0.710 bits per heavy atom. The van der Waals surface area contributed by atoms with Crippen LogP contribution in [0.4, 0.5) is 17.1 Å². The molecule has 0 fully saturated rings. The molecule has 0 radical (unpaired) electrons. The Bertz CT molecular complexity index is 3420. The molecule has 0 aromatic heterocycles. The average molecular weight is 892 g/mol. The van der Waals surface area contributed by atoms with Gasteiger partial charge in [-0.15, -0.1) is 0 Å². The summed E-state index contributed by atoms with van der Waals surface area (Å²) >= 11 is 0. The molecule has 0 saturated heterocycles. The van der Waals surface area contributed by atoms with Crippen LogP contribution in [-0.2, 0) is 27.1 Å². The van der Waals surface area contributed by atoms with Gasteiger partial charge in [0.2, 0.25) is 0 Å². The monoisotopic (exact) mass is 891 g/mol. The smallest absolute Gasteiger partial charge is 0.0726 e. The van der Waals surface area contributed by atoms with E-state index in [4.69, 9.17) is 0 Å². The number of rotatable bonds is 5. The van der Waals surface area contributed by atoms with Crippen molar-refractivity contribution in [3.8, 4) is 33.4 Å². The van der Waals surface area contributed by atoms with Gasteiger partial charge in [0, 0.05) is 16.9 Å². The van der Waals surface area contributed by atoms with Gasteiger partial charge >= 0.3 is 0 Å². The highest BCUT2D eigenvalue weighted by Crippen LogP contribution is 2.65. The van der Waals surface area contributed by atoms with Crippen LogP contribution in [0.5, 0.6) is 0 Å². The van der Waals surface area contributed by atoms with Gasteiger partial charge in [-0.05, 0) is 136 Å². The van der Waals surface area contributed by atoms with Crippen LogP contribution in [0, 0.1) is 0 Å². The molecule has 0 saturated carbocycles. The molecule has 0 heterocycles. The number of benzene rings is 9. The second-order valence-electron chi connectivity index (χ2n) is 22.9. The molecule has 1 atom stereocenters. The van der Waals surface area contributed by atoms with Gasteiger partial charge in [0.05, 0.1) is 16.5 Å². The zero-order chi connectivity index (χ0) is 47.7. The number of para-hydroxylation sites is 1. The molecule has 9 aromatic carbocycles. The van der Waals surface area contributed by atoms with Crippen molar-refractivity contribution < 1.29 is 0 Å². The van der Waals surface area contributed by atoms with Crippen LogP contribution in [0.15, 0.2) is 206 Å². The zero-order valence-corrected chi connectivity index (χ0v) is 41.6. The molecule has 1 nitrogen and oxygen atoms in total. The van der Waals surface area contributed by atoms with E-state index in [9.17, 15) is 0 Å². The van der Waals surface area contributed by atoms with Gasteiger partial charge in [-0.1, -0.05) is 238 Å². The Labute approximate surface area is 410 Å². The molecule has 0 N–H and O–H groups in total. The molecule has 9 aromatic rings. The summed E-state index contributed by atoms with van der Waals surface area (Å²) in [5.74, 6) is 0. The van der Waals surface area contributed by atoms with Gasteiger partial charge in [0.1, 0.15) is 0 Å². The van der Waals surface area contributed by atoms with Gasteiger partial charge in [0.25, 0.3) is 0 Å². The molecular weight excluding hydrogens is 831 g/mol. The van der Waals surface area contributed by atoms with E-state index in [1.807, 2.05) is 0 Å². The first-order valence-electron chi connectivity index (χ1n) is 24.9. The third kappa shape index (κ3) is 6.22. The second kappa shape index (κ2) is 15.1. The Morgan fingerprint density at radius 1 is 0.290 bits per heavy atom. The van der Waals surface area contributed by atoms with Crippen LogP contribution in [0.2, 0.25) is 0 Å². The summed E-state index contributed by atoms with van der Waals surface area (Å²) in [5, 5.41) is 0. The van der Waals surface area contributed by atoms with Crippen LogP contribution < -0.4 is 4.90 Å². The van der Waals surface area contributed by atoms with E-state index in [-0.39, 0.29) is 16.2 Å². The molecule has 0 bridgehead atoms. The predicted molar refractivity (Wildman–Crippen MR) is 291 cm³/mol.